The number of hydrogen-bond donors (Lipinski definition) is 1. The number of aromatic hydroxyl groups is 1. The van der Waals surface area contributed by atoms with E-state index in [1.165, 1.54) is 12.1 Å². The van der Waals surface area contributed by atoms with Gasteiger partial charge in [-0.3, -0.25) is 14.7 Å². The average Bonchev–Trinajstić information content (AvgIpc) is 3.13. The summed E-state index contributed by atoms with van der Waals surface area (Å²) in [6.07, 6.45) is 3.27. The lowest BCUT2D eigenvalue weighted by atomic mass is 10.0. The molecule has 0 bridgehead atoms. The number of hydrogen-bond acceptors (Lipinski definition) is 6. The van der Waals surface area contributed by atoms with E-state index in [1.807, 2.05) is 6.07 Å². The standard InChI is InChI=1S/C25H22FN3O3/c26-17-4-6-19(7-5-17)29-13-11-28(12-14-29)16-21-22(30)9-8-20-24(31)23(32-25(20)21)15-18-3-1-2-10-27-18/h1-10,15,30H,11-14,16H2/b23-15-. The Morgan fingerprint density at radius 1 is 1.03 bits per heavy atom. The van der Waals surface area contributed by atoms with Crippen molar-refractivity contribution in [2.45, 2.75) is 6.54 Å². The molecule has 1 aromatic heterocycles. The molecule has 7 heteroatoms. The number of phenolic OH excluding ortho intramolecular Hbond substituents is 1. The van der Waals surface area contributed by atoms with Gasteiger partial charge in [-0.05, 0) is 48.5 Å². The normalized spacial score (nSPS) is 17.5. The van der Waals surface area contributed by atoms with Crippen LogP contribution in [0.5, 0.6) is 11.5 Å². The fraction of sp³-hybridized carbons (Fsp3) is 0.200. The van der Waals surface area contributed by atoms with Crippen LogP contribution in [0.4, 0.5) is 10.1 Å². The highest BCUT2D eigenvalue weighted by molar-refractivity contribution is 6.14. The van der Waals surface area contributed by atoms with E-state index in [1.54, 1.807) is 48.7 Å². The summed E-state index contributed by atoms with van der Waals surface area (Å²) in [4.78, 5) is 21.5. The molecule has 5 rings (SSSR count). The maximum Gasteiger partial charge on any atom is 0.232 e. The van der Waals surface area contributed by atoms with Gasteiger partial charge < -0.3 is 14.7 Å². The Labute approximate surface area is 185 Å². The predicted molar refractivity (Wildman–Crippen MR) is 119 cm³/mol. The molecule has 3 heterocycles. The highest BCUT2D eigenvalue weighted by Gasteiger charge is 2.32. The molecule has 3 aromatic rings. The van der Waals surface area contributed by atoms with E-state index >= 15 is 0 Å². The summed E-state index contributed by atoms with van der Waals surface area (Å²) in [6, 6.07) is 15.1. The minimum Gasteiger partial charge on any atom is -0.507 e. The molecule has 0 unspecified atom stereocenters. The number of anilines is 1. The molecule has 0 spiro atoms. The van der Waals surface area contributed by atoms with Crippen molar-refractivity contribution in [1.29, 1.82) is 0 Å². The smallest absolute Gasteiger partial charge is 0.232 e. The second-order valence-electron chi connectivity index (χ2n) is 7.87. The van der Waals surface area contributed by atoms with Gasteiger partial charge in [-0.25, -0.2) is 4.39 Å². The number of piperazine rings is 1. The molecule has 2 aliphatic rings. The van der Waals surface area contributed by atoms with Crippen LogP contribution in [0.15, 0.2) is 66.6 Å². The highest BCUT2D eigenvalue weighted by atomic mass is 19.1. The number of nitrogens with zero attached hydrogens (tertiary/aromatic N) is 3. The van der Waals surface area contributed by atoms with Crippen LogP contribution < -0.4 is 9.64 Å². The largest absolute Gasteiger partial charge is 0.507 e. The zero-order valence-electron chi connectivity index (χ0n) is 17.4. The molecule has 0 atom stereocenters. The Morgan fingerprint density at radius 2 is 1.81 bits per heavy atom. The van der Waals surface area contributed by atoms with Crippen LogP contribution in [-0.2, 0) is 6.54 Å². The van der Waals surface area contributed by atoms with Crippen LogP contribution in [0.3, 0.4) is 0 Å². The summed E-state index contributed by atoms with van der Waals surface area (Å²) >= 11 is 0. The molecule has 2 aliphatic heterocycles. The van der Waals surface area contributed by atoms with Crippen molar-refractivity contribution in [2.24, 2.45) is 0 Å². The number of pyridine rings is 1. The highest BCUT2D eigenvalue weighted by Crippen LogP contribution is 2.40. The Balaban J connectivity index is 1.32. The number of carbonyl (C=O) groups is 1. The lowest BCUT2D eigenvalue weighted by Crippen LogP contribution is -2.46. The van der Waals surface area contributed by atoms with Gasteiger partial charge >= 0.3 is 0 Å². The van der Waals surface area contributed by atoms with E-state index in [-0.39, 0.29) is 23.1 Å². The third-order valence-corrected chi connectivity index (χ3v) is 5.83. The molecule has 6 nitrogen and oxygen atoms in total. The Kier molecular flexibility index (Phi) is 5.33. The number of aromatic nitrogens is 1. The number of allylic oxidation sites excluding steroid dienone is 1. The molecular weight excluding hydrogens is 409 g/mol. The number of ketones is 1. The molecule has 162 valence electrons. The van der Waals surface area contributed by atoms with Crippen LogP contribution in [-0.4, -0.2) is 47.0 Å². The number of Topliss-reactive ketones (excluding diaryl/α,β-unsaturated/α-hetero) is 1. The Bertz CT molecular complexity index is 1170. The van der Waals surface area contributed by atoms with Crippen molar-refractivity contribution >= 4 is 17.5 Å². The lowest BCUT2D eigenvalue weighted by Gasteiger charge is -2.36. The van der Waals surface area contributed by atoms with Crippen LogP contribution in [0.25, 0.3) is 6.08 Å². The maximum atomic E-state index is 13.2. The average molecular weight is 431 g/mol. The third kappa shape index (κ3) is 3.94. The minimum absolute atomic E-state index is 0.108. The molecule has 1 saturated heterocycles. The zero-order chi connectivity index (χ0) is 22.1. The summed E-state index contributed by atoms with van der Waals surface area (Å²) in [5, 5.41) is 10.5. The topological polar surface area (TPSA) is 65.9 Å². The summed E-state index contributed by atoms with van der Waals surface area (Å²) in [6.45, 7) is 3.57. The van der Waals surface area contributed by atoms with Crippen LogP contribution in [0.2, 0.25) is 0 Å². The summed E-state index contributed by atoms with van der Waals surface area (Å²) in [5.74, 6) is 0.265. The molecule has 0 aliphatic carbocycles. The first kappa shape index (κ1) is 20.2. The SMILES string of the molecule is O=C1/C(=C/c2ccccn2)Oc2c1ccc(O)c2CN1CCN(c2ccc(F)cc2)CC1. The Hall–Kier alpha value is -3.71. The molecule has 1 fully saturated rings. The van der Waals surface area contributed by atoms with Gasteiger partial charge in [-0.2, -0.15) is 0 Å². The van der Waals surface area contributed by atoms with Crippen LogP contribution in [0.1, 0.15) is 21.6 Å². The molecule has 2 aromatic carbocycles. The minimum atomic E-state index is -0.244. The molecule has 1 N–H and O–H groups in total. The van der Waals surface area contributed by atoms with Crippen molar-refractivity contribution in [1.82, 2.24) is 9.88 Å². The first-order valence-electron chi connectivity index (χ1n) is 10.5. The number of carbonyl (C=O) groups excluding carboxylic acids is 1. The summed E-state index contributed by atoms with van der Waals surface area (Å²) in [5.41, 5.74) is 2.68. The van der Waals surface area contributed by atoms with Gasteiger partial charge in [0.15, 0.2) is 5.76 Å². The van der Waals surface area contributed by atoms with Crippen molar-refractivity contribution in [3.8, 4) is 11.5 Å². The fourth-order valence-electron chi connectivity index (χ4n) is 4.09. The van der Waals surface area contributed by atoms with E-state index < -0.39 is 0 Å². The molecular formula is C25H22FN3O3. The second kappa shape index (κ2) is 8.43. The van der Waals surface area contributed by atoms with Gasteiger partial charge in [-0.1, -0.05) is 6.07 Å². The lowest BCUT2D eigenvalue weighted by molar-refractivity contribution is 0.101. The third-order valence-electron chi connectivity index (χ3n) is 5.83. The van der Waals surface area contributed by atoms with Crippen molar-refractivity contribution < 1.29 is 19.0 Å². The molecule has 32 heavy (non-hydrogen) atoms. The van der Waals surface area contributed by atoms with Gasteiger partial charge in [-0.15, -0.1) is 0 Å². The van der Waals surface area contributed by atoms with Crippen molar-refractivity contribution in [3.63, 3.8) is 0 Å². The predicted octanol–water partition coefficient (Wildman–Crippen LogP) is 3.86. The fourth-order valence-corrected chi connectivity index (χ4v) is 4.09. The number of halogens is 1. The summed E-state index contributed by atoms with van der Waals surface area (Å²) < 4.78 is 19.1. The number of fused-ring (bicyclic) bond motifs is 1. The van der Waals surface area contributed by atoms with E-state index in [9.17, 15) is 14.3 Å². The van der Waals surface area contributed by atoms with Gasteiger partial charge in [0, 0.05) is 50.7 Å². The van der Waals surface area contributed by atoms with E-state index in [2.05, 4.69) is 14.8 Å². The number of phenols is 1. The van der Waals surface area contributed by atoms with Gasteiger partial charge in [0.05, 0.1) is 16.8 Å². The number of rotatable bonds is 4. The van der Waals surface area contributed by atoms with Crippen molar-refractivity contribution in [3.05, 3.63) is 89.2 Å². The first-order valence-corrected chi connectivity index (χ1v) is 10.5. The van der Waals surface area contributed by atoms with Crippen molar-refractivity contribution in [2.75, 3.05) is 31.1 Å². The monoisotopic (exact) mass is 431 g/mol. The number of ether oxygens (including phenoxy) is 1. The quantitative estimate of drug-likeness (QED) is 0.633. The first-order chi connectivity index (χ1) is 15.6. The van der Waals surface area contributed by atoms with E-state index in [4.69, 9.17) is 4.74 Å². The van der Waals surface area contributed by atoms with E-state index in [0.717, 1.165) is 31.9 Å². The molecule has 0 amide bonds. The zero-order valence-corrected chi connectivity index (χ0v) is 17.4. The van der Waals surface area contributed by atoms with Crippen LogP contribution in [0, 0.1) is 5.82 Å². The Morgan fingerprint density at radius 3 is 2.53 bits per heavy atom. The molecule has 0 saturated carbocycles. The summed E-state index contributed by atoms with van der Waals surface area (Å²) in [7, 11) is 0. The van der Waals surface area contributed by atoms with Gasteiger partial charge in [0.2, 0.25) is 5.78 Å². The maximum absolute atomic E-state index is 13.2. The van der Waals surface area contributed by atoms with Crippen LogP contribution >= 0.6 is 0 Å². The van der Waals surface area contributed by atoms with Gasteiger partial charge in [0.1, 0.15) is 17.3 Å². The number of benzene rings is 2. The van der Waals surface area contributed by atoms with E-state index in [0.29, 0.717) is 29.1 Å². The van der Waals surface area contributed by atoms with Gasteiger partial charge in [0.25, 0.3) is 0 Å². The molecule has 0 radical (unpaired) electrons. The second-order valence-corrected chi connectivity index (χ2v) is 7.87.